The molecule has 1 aliphatic rings. The van der Waals surface area contributed by atoms with Gasteiger partial charge >= 0.3 is 0 Å². The van der Waals surface area contributed by atoms with Crippen LogP contribution in [0.1, 0.15) is 65.3 Å². The molecule has 0 bridgehead atoms. The highest BCUT2D eigenvalue weighted by Gasteiger charge is 2.38. The number of carbonyl (C=O) groups is 1. The standard InChI is InChI=1S/C25H26ClF2N3O2/c1-13(2)25(28)7-5-20-15(11-25)9-17-22(18(24(29)33)10-19(27)23(17)31-20)16(6-8-32)14-3-4-21(26)30-12-14/h3-4,9-10,12-13,16,32H,5-8,11H2,1-2H3,(H2,29,33)/t16-,25?/m0/s1. The summed E-state index contributed by atoms with van der Waals surface area (Å²) in [5.74, 6) is -2.16. The minimum Gasteiger partial charge on any atom is -0.396 e. The Morgan fingerprint density at radius 2 is 2.09 bits per heavy atom. The molecular formula is C25H26ClF2N3O2. The number of aryl methyl sites for hydroxylation is 1. The van der Waals surface area contributed by atoms with Crippen LogP contribution >= 0.6 is 11.6 Å². The van der Waals surface area contributed by atoms with Crippen LogP contribution in [0.3, 0.4) is 0 Å². The quantitative estimate of drug-likeness (QED) is 0.499. The van der Waals surface area contributed by atoms with Gasteiger partial charge in [-0.1, -0.05) is 31.5 Å². The van der Waals surface area contributed by atoms with Gasteiger partial charge in [0.1, 0.15) is 22.2 Å². The highest BCUT2D eigenvalue weighted by Crippen LogP contribution is 2.41. The Balaban J connectivity index is 2.00. The van der Waals surface area contributed by atoms with Crippen LogP contribution in [0.2, 0.25) is 5.15 Å². The third-order valence-electron chi connectivity index (χ3n) is 6.75. The Labute approximate surface area is 196 Å². The molecule has 0 radical (unpaired) electrons. The zero-order valence-electron chi connectivity index (χ0n) is 18.5. The third kappa shape index (κ3) is 4.32. The second-order valence-electron chi connectivity index (χ2n) is 9.02. The minimum atomic E-state index is -1.38. The monoisotopic (exact) mass is 473 g/mol. The van der Waals surface area contributed by atoms with Gasteiger partial charge < -0.3 is 10.8 Å². The van der Waals surface area contributed by atoms with E-state index in [1.165, 1.54) is 0 Å². The van der Waals surface area contributed by atoms with Crippen LogP contribution in [0.4, 0.5) is 8.78 Å². The first kappa shape index (κ1) is 23.5. The number of benzene rings is 1. The van der Waals surface area contributed by atoms with Gasteiger partial charge in [-0.25, -0.2) is 18.7 Å². The SMILES string of the molecule is CC(C)C1(F)CCc2nc3c(F)cc(C(N)=O)c([C@@H](CCO)c4ccc(Cl)nc4)c3cc2C1. The summed E-state index contributed by atoms with van der Waals surface area (Å²) in [6.45, 7) is 3.50. The van der Waals surface area contributed by atoms with Crippen LogP contribution in [0.15, 0.2) is 30.5 Å². The van der Waals surface area contributed by atoms with Crippen LogP contribution < -0.4 is 5.73 Å². The minimum absolute atomic E-state index is 0.00123. The highest BCUT2D eigenvalue weighted by atomic mass is 35.5. The lowest BCUT2D eigenvalue weighted by atomic mass is 9.76. The maximum Gasteiger partial charge on any atom is 0.249 e. The lowest BCUT2D eigenvalue weighted by molar-refractivity contribution is 0.0821. The van der Waals surface area contributed by atoms with Crippen LogP contribution in [0.5, 0.6) is 0 Å². The van der Waals surface area contributed by atoms with E-state index in [4.69, 9.17) is 17.3 Å². The van der Waals surface area contributed by atoms with Gasteiger partial charge in [-0.15, -0.1) is 0 Å². The molecule has 0 aliphatic heterocycles. The fourth-order valence-electron chi connectivity index (χ4n) is 4.77. The molecule has 0 saturated carbocycles. The zero-order valence-corrected chi connectivity index (χ0v) is 19.3. The number of hydrogen-bond donors (Lipinski definition) is 2. The number of carbonyl (C=O) groups excluding carboxylic acids is 1. The molecule has 174 valence electrons. The Bertz CT molecular complexity index is 1220. The largest absolute Gasteiger partial charge is 0.396 e. The van der Waals surface area contributed by atoms with E-state index in [9.17, 15) is 9.90 Å². The maximum atomic E-state index is 15.5. The summed E-state index contributed by atoms with van der Waals surface area (Å²) in [4.78, 5) is 21.0. The van der Waals surface area contributed by atoms with E-state index in [-0.39, 0.29) is 36.4 Å². The van der Waals surface area contributed by atoms with Crippen LogP contribution in [-0.4, -0.2) is 33.3 Å². The van der Waals surface area contributed by atoms with E-state index in [1.54, 1.807) is 24.4 Å². The lowest BCUT2D eigenvalue weighted by Crippen LogP contribution is -2.36. The van der Waals surface area contributed by atoms with Gasteiger partial charge in [0.05, 0.1) is 0 Å². The predicted molar refractivity (Wildman–Crippen MR) is 124 cm³/mol. The zero-order chi connectivity index (χ0) is 23.9. The number of amides is 1. The molecule has 3 aromatic rings. The maximum absolute atomic E-state index is 15.5. The van der Waals surface area contributed by atoms with E-state index in [1.807, 2.05) is 13.8 Å². The molecule has 1 unspecified atom stereocenters. The summed E-state index contributed by atoms with van der Waals surface area (Å²) in [7, 11) is 0. The Morgan fingerprint density at radius 1 is 1.33 bits per heavy atom. The third-order valence-corrected chi connectivity index (χ3v) is 6.97. The first-order chi connectivity index (χ1) is 15.6. The molecule has 1 amide bonds. The van der Waals surface area contributed by atoms with Crippen LogP contribution in [-0.2, 0) is 12.8 Å². The molecule has 0 fully saturated rings. The number of rotatable bonds is 6. The van der Waals surface area contributed by atoms with Crippen molar-refractivity contribution >= 4 is 28.4 Å². The van der Waals surface area contributed by atoms with Crippen molar-refractivity contribution < 1.29 is 18.7 Å². The van der Waals surface area contributed by atoms with Crippen molar-refractivity contribution in [1.82, 2.24) is 9.97 Å². The molecule has 33 heavy (non-hydrogen) atoms. The molecule has 5 nitrogen and oxygen atoms in total. The van der Waals surface area contributed by atoms with Gasteiger partial charge in [-0.2, -0.15) is 0 Å². The van der Waals surface area contributed by atoms with E-state index in [0.29, 0.717) is 45.8 Å². The molecule has 2 aromatic heterocycles. The first-order valence-corrected chi connectivity index (χ1v) is 11.4. The molecule has 1 aliphatic carbocycles. The number of primary amides is 1. The number of hydrogen-bond acceptors (Lipinski definition) is 4. The normalized spacial score (nSPS) is 19.0. The molecular weight excluding hydrogens is 448 g/mol. The van der Waals surface area contributed by atoms with Crippen molar-refractivity contribution in [3.8, 4) is 0 Å². The summed E-state index contributed by atoms with van der Waals surface area (Å²) in [5.41, 5.74) is 6.87. The smallest absolute Gasteiger partial charge is 0.249 e. The van der Waals surface area contributed by atoms with Gasteiger partial charge in [0.25, 0.3) is 0 Å². The van der Waals surface area contributed by atoms with E-state index < -0.39 is 23.3 Å². The molecule has 3 N–H and O–H groups in total. The molecule has 1 aromatic carbocycles. The number of pyridine rings is 2. The summed E-state index contributed by atoms with van der Waals surface area (Å²) in [6.07, 6.45) is 2.69. The molecule has 8 heteroatoms. The fourth-order valence-corrected chi connectivity index (χ4v) is 4.88. The average molecular weight is 474 g/mol. The number of fused-ring (bicyclic) bond motifs is 2. The summed E-state index contributed by atoms with van der Waals surface area (Å²) in [5, 5.41) is 10.5. The van der Waals surface area contributed by atoms with Crippen molar-refractivity contribution in [3.63, 3.8) is 0 Å². The summed E-state index contributed by atoms with van der Waals surface area (Å²) in [6, 6.07) is 6.19. The van der Waals surface area contributed by atoms with Crippen molar-refractivity contribution in [1.29, 1.82) is 0 Å². The van der Waals surface area contributed by atoms with E-state index in [2.05, 4.69) is 9.97 Å². The van der Waals surface area contributed by atoms with E-state index >= 15 is 8.78 Å². The molecule has 2 heterocycles. The van der Waals surface area contributed by atoms with E-state index in [0.717, 1.165) is 6.07 Å². The fraction of sp³-hybridized carbons (Fsp3) is 0.400. The van der Waals surface area contributed by atoms with Gasteiger partial charge in [-0.3, -0.25) is 4.79 Å². The Morgan fingerprint density at radius 3 is 2.70 bits per heavy atom. The predicted octanol–water partition coefficient (Wildman–Crippen LogP) is 4.89. The number of nitrogens with two attached hydrogens (primary N) is 1. The molecule has 4 rings (SSSR count). The summed E-state index contributed by atoms with van der Waals surface area (Å²) >= 11 is 5.94. The number of aromatic nitrogens is 2. The van der Waals surface area contributed by atoms with Gasteiger partial charge in [0.15, 0.2) is 0 Å². The second kappa shape index (κ2) is 8.95. The molecule has 2 atom stereocenters. The summed E-state index contributed by atoms with van der Waals surface area (Å²) < 4.78 is 30.6. The van der Waals surface area contributed by atoms with Gasteiger partial charge in [0.2, 0.25) is 5.91 Å². The van der Waals surface area contributed by atoms with Crippen LogP contribution in [0, 0.1) is 11.7 Å². The van der Waals surface area contributed by atoms with Crippen LogP contribution in [0.25, 0.3) is 10.9 Å². The topological polar surface area (TPSA) is 89.1 Å². The second-order valence-corrected chi connectivity index (χ2v) is 9.41. The number of nitrogens with zero attached hydrogens (tertiary/aromatic N) is 2. The number of halogens is 3. The van der Waals surface area contributed by atoms with Crippen molar-refractivity contribution in [2.45, 2.75) is 51.1 Å². The first-order valence-electron chi connectivity index (χ1n) is 11.0. The van der Waals surface area contributed by atoms with Crippen molar-refractivity contribution in [2.75, 3.05) is 6.61 Å². The number of alkyl halides is 1. The Kier molecular flexibility index (Phi) is 6.38. The number of aliphatic hydroxyl groups is 1. The van der Waals surface area contributed by atoms with Gasteiger partial charge in [-0.05, 0) is 60.1 Å². The molecule has 0 spiro atoms. The van der Waals surface area contributed by atoms with Gasteiger partial charge in [0, 0.05) is 41.8 Å². The number of aliphatic hydroxyl groups excluding tert-OH is 1. The average Bonchev–Trinajstić information content (AvgIpc) is 2.77. The van der Waals surface area contributed by atoms with Crippen molar-refractivity contribution in [3.05, 3.63) is 69.4 Å². The molecule has 0 saturated heterocycles. The lowest BCUT2D eigenvalue weighted by Gasteiger charge is -2.34. The Hall–Kier alpha value is -2.64. The van der Waals surface area contributed by atoms with Crippen molar-refractivity contribution in [2.24, 2.45) is 11.7 Å². The highest BCUT2D eigenvalue weighted by molar-refractivity contribution is 6.29.